The van der Waals surface area contributed by atoms with Gasteiger partial charge in [-0.25, -0.2) is 5.01 Å². The highest BCUT2D eigenvalue weighted by Crippen LogP contribution is 2.25. The third-order valence-electron chi connectivity index (χ3n) is 6.38. The molecule has 2 aromatic rings. The van der Waals surface area contributed by atoms with Crippen LogP contribution in [0.1, 0.15) is 61.2 Å². The van der Waals surface area contributed by atoms with Crippen molar-refractivity contribution >= 4 is 23.4 Å². The molecule has 1 aliphatic rings. The molecule has 8 heteroatoms. The van der Waals surface area contributed by atoms with Crippen LogP contribution in [0.25, 0.3) is 0 Å². The minimum atomic E-state index is -0.553. The monoisotopic (exact) mass is 495 g/mol. The molecule has 3 amide bonds. The summed E-state index contributed by atoms with van der Waals surface area (Å²) < 4.78 is 0. The predicted octanol–water partition coefficient (Wildman–Crippen LogP) is 3.48. The van der Waals surface area contributed by atoms with Crippen LogP contribution in [0.2, 0.25) is 0 Å². The fourth-order valence-corrected chi connectivity index (χ4v) is 4.25. The number of primary amides is 1. The summed E-state index contributed by atoms with van der Waals surface area (Å²) in [6.07, 6.45) is 1.93. The van der Waals surface area contributed by atoms with Gasteiger partial charge in [-0.15, -0.1) is 0 Å². The zero-order valence-electron chi connectivity index (χ0n) is 21.2. The van der Waals surface area contributed by atoms with E-state index in [0.717, 1.165) is 18.4 Å². The Balaban J connectivity index is 0.00000456. The van der Waals surface area contributed by atoms with E-state index in [-0.39, 0.29) is 32.3 Å². The van der Waals surface area contributed by atoms with Crippen molar-refractivity contribution in [2.75, 3.05) is 31.6 Å². The van der Waals surface area contributed by atoms with Crippen molar-refractivity contribution in [3.63, 3.8) is 0 Å². The van der Waals surface area contributed by atoms with Crippen LogP contribution >= 0.6 is 0 Å². The Bertz CT molecular complexity index is 1040. The second-order valence-corrected chi connectivity index (χ2v) is 9.62. The predicted molar refractivity (Wildman–Crippen MR) is 144 cm³/mol. The van der Waals surface area contributed by atoms with Gasteiger partial charge in [-0.05, 0) is 54.5 Å². The van der Waals surface area contributed by atoms with Crippen LogP contribution in [0.15, 0.2) is 42.5 Å². The van der Waals surface area contributed by atoms with E-state index in [0.29, 0.717) is 36.8 Å². The highest BCUT2D eigenvalue weighted by molar-refractivity contribution is 5.95. The summed E-state index contributed by atoms with van der Waals surface area (Å²) in [5.41, 5.74) is 9.74. The molecule has 1 aliphatic heterocycles. The van der Waals surface area contributed by atoms with Gasteiger partial charge in [0.1, 0.15) is 0 Å². The SMILES string of the molecule is C.Cc1ccc(C(N)=O)cc1N(CC(=O)NCCCC(C)C)CC(=O)N(C)N1Cc2ccccc2C1. The normalized spacial score (nSPS) is 12.6. The first kappa shape index (κ1) is 28.8. The number of nitrogens with zero attached hydrogens (tertiary/aromatic N) is 3. The van der Waals surface area contributed by atoms with Crippen molar-refractivity contribution in [2.45, 2.75) is 54.1 Å². The van der Waals surface area contributed by atoms with Gasteiger partial charge in [0.05, 0.1) is 13.1 Å². The summed E-state index contributed by atoms with van der Waals surface area (Å²) >= 11 is 0. The number of carbonyl (C=O) groups excluding carboxylic acids is 3. The summed E-state index contributed by atoms with van der Waals surface area (Å²) in [6.45, 7) is 8.09. The molecule has 0 unspecified atom stereocenters. The Morgan fingerprint density at radius 3 is 2.28 bits per heavy atom. The zero-order chi connectivity index (χ0) is 25.5. The van der Waals surface area contributed by atoms with Crippen molar-refractivity contribution in [3.8, 4) is 0 Å². The highest BCUT2D eigenvalue weighted by Gasteiger charge is 2.27. The lowest BCUT2D eigenvalue weighted by molar-refractivity contribution is -0.145. The van der Waals surface area contributed by atoms with Crippen molar-refractivity contribution in [3.05, 3.63) is 64.7 Å². The molecule has 36 heavy (non-hydrogen) atoms. The summed E-state index contributed by atoms with van der Waals surface area (Å²) in [7, 11) is 1.76. The second-order valence-electron chi connectivity index (χ2n) is 9.62. The van der Waals surface area contributed by atoms with Gasteiger partial charge in [0, 0.05) is 37.9 Å². The number of hydrogen-bond acceptors (Lipinski definition) is 5. The first-order valence-corrected chi connectivity index (χ1v) is 12.2. The lowest BCUT2D eigenvalue weighted by Crippen LogP contribution is -2.48. The molecule has 1 heterocycles. The Kier molecular flexibility index (Phi) is 10.5. The highest BCUT2D eigenvalue weighted by atomic mass is 16.2. The molecule has 3 rings (SSSR count). The molecule has 8 nitrogen and oxygen atoms in total. The average molecular weight is 496 g/mol. The van der Waals surface area contributed by atoms with Gasteiger partial charge in [0.2, 0.25) is 11.8 Å². The maximum Gasteiger partial charge on any atom is 0.256 e. The number of anilines is 1. The van der Waals surface area contributed by atoms with Crippen LogP contribution in [0.5, 0.6) is 0 Å². The van der Waals surface area contributed by atoms with Crippen molar-refractivity contribution in [2.24, 2.45) is 11.7 Å². The summed E-state index contributed by atoms with van der Waals surface area (Å²) in [6, 6.07) is 13.2. The number of rotatable bonds is 11. The standard InChI is InChI=1S/C27H37N5O3.CH4/c1-19(2)8-7-13-29-25(33)17-31(24-14-21(27(28)35)12-11-20(24)3)18-26(34)30(4)32-15-22-9-5-6-10-23(22)16-32;/h5-6,9-12,14,19H,7-8,13,15-18H2,1-4H3,(H2,28,35)(H,29,33);1H4. The van der Waals surface area contributed by atoms with Gasteiger partial charge in [-0.2, -0.15) is 0 Å². The smallest absolute Gasteiger partial charge is 0.256 e. The van der Waals surface area contributed by atoms with Crippen LogP contribution in [0.3, 0.4) is 0 Å². The average Bonchev–Trinajstić information content (AvgIpc) is 3.25. The molecule has 0 aliphatic carbocycles. The number of fused-ring (bicyclic) bond motifs is 1. The lowest BCUT2D eigenvalue weighted by atomic mass is 10.1. The van der Waals surface area contributed by atoms with Crippen molar-refractivity contribution in [1.29, 1.82) is 0 Å². The second kappa shape index (κ2) is 13.1. The number of carbonyl (C=O) groups is 3. The molecular formula is C28H41N5O3. The van der Waals surface area contributed by atoms with Gasteiger partial charge in [-0.1, -0.05) is 51.6 Å². The maximum absolute atomic E-state index is 13.3. The third-order valence-corrected chi connectivity index (χ3v) is 6.38. The molecule has 3 N–H and O–H groups in total. The van der Waals surface area contributed by atoms with Gasteiger partial charge < -0.3 is 16.0 Å². The van der Waals surface area contributed by atoms with Gasteiger partial charge in [-0.3, -0.25) is 19.4 Å². The van der Waals surface area contributed by atoms with Crippen LogP contribution in [-0.2, 0) is 22.7 Å². The van der Waals surface area contributed by atoms with Crippen LogP contribution in [0.4, 0.5) is 5.69 Å². The van der Waals surface area contributed by atoms with Crippen LogP contribution in [0, 0.1) is 12.8 Å². The van der Waals surface area contributed by atoms with E-state index in [2.05, 4.69) is 31.3 Å². The Morgan fingerprint density at radius 1 is 1.06 bits per heavy atom. The lowest BCUT2D eigenvalue weighted by Gasteiger charge is -2.32. The molecule has 0 bridgehead atoms. The fraction of sp³-hybridized carbons (Fsp3) is 0.464. The maximum atomic E-state index is 13.3. The number of hydrazine groups is 1. The largest absolute Gasteiger partial charge is 0.366 e. The Labute approximate surface area is 215 Å². The topological polar surface area (TPSA) is 99.0 Å². The van der Waals surface area contributed by atoms with E-state index in [1.54, 1.807) is 35.2 Å². The van der Waals surface area contributed by atoms with E-state index >= 15 is 0 Å². The summed E-state index contributed by atoms with van der Waals surface area (Å²) in [4.78, 5) is 39.6. The molecule has 0 atom stereocenters. The Hall–Kier alpha value is -3.39. The molecule has 0 saturated heterocycles. The number of nitrogens with one attached hydrogen (secondary N) is 1. The number of nitrogens with two attached hydrogens (primary N) is 1. The van der Waals surface area contributed by atoms with E-state index < -0.39 is 5.91 Å². The summed E-state index contributed by atoms with van der Waals surface area (Å²) in [5.74, 6) is -0.286. The molecule has 196 valence electrons. The van der Waals surface area contributed by atoms with E-state index in [1.807, 2.05) is 24.1 Å². The first-order valence-electron chi connectivity index (χ1n) is 12.2. The molecule has 2 aromatic carbocycles. The van der Waals surface area contributed by atoms with Crippen LogP contribution in [-0.4, -0.2) is 54.4 Å². The minimum absolute atomic E-state index is 0. The van der Waals surface area contributed by atoms with Gasteiger partial charge >= 0.3 is 0 Å². The fourth-order valence-electron chi connectivity index (χ4n) is 4.25. The molecular weight excluding hydrogens is 454 g/mol. The van der Waals surface area contributed by atoms with E-state index in [1.165, 1.54) is 11.1 Å². The molecule has 0 fully saturated rings. The minimum Gasteiger partial charge on any atom is -0.366 e. The molecule has 0 spiro atoms. The number of hydrogen-bond donors (Lipinski definition) is 2. The summed E-state index contributed by atoms with van der Waals surface area (Å²) in [5, 5.41) is 6.57. The molecule has 0 radical (unpaired) electrons. The number of benzene rings is 2. The number of likely N-dealkylation sites (N-methyl/N-ethyl adjacent to an activating group) is 1. The van der Waals surface area contributed by atoms with E-state index in [9.17, 15) is 14.4 Å². The van der Waals surface area contributed by atoms with E-state index in [4.69, 9.17) is 5.73 Å². The van der Waals surface area contributed by atoms with Crippen molar-refractivity contribution in [1.82, 2.24) is 15.3 Å². The number of aryl methyl sites for hydroxylation is 1. The third kappa shape index (κ3) is 7.55. The van der Waals surface area contributed by atoms with Crippen molar-refractivity contribution < 1.29 is 14.4 Å². The quantitative estimate of drug-likeness (QED) is 0.465. The zero-order valence-corrected chi connectivity index (χ0v) is 21.2. The van der Waals surface area contributed by atoms with Gasteiger partial charge in [0.15, 0.2) is 0 Å². The Morgan fingerprint density at radius 2 is 1.69 bits per heavy atom. The van der Waals surface area contributed by atoms with Gasteiger partial charge in [0.25, 0.3) is 5.91 Å². The van der Waals surface area contributed by atoms with Crippen LogP contribution < -0.4 is 16.0 Å². The first-order chi connectivity index (χ1) is 16.7. The number of amides is 3. The molecule has 0 saturated carbocycles. The molecule has 0 aromatic heterocycles.